The van der Waals surface area contributed by atoms with Gasteiger partial charge < -0.3 is 25.0 Å². The highest BCUT2D eigenvalue weighted by Crippen LogP contribution is 2.22. The van der Waals surface area contributed by atoms with Crippen molar-refractivity contribution in [1.82, 2.24) is 20.1 Å². The predicted octanol–water partition coefficient (Wildman–Crippen LogP) is 2.98. The molecule has 3 rings (SSSR count). The van der Waals surface area contributed by atoms with Gasteiger partial charge in [0.2, 0.25) is 5.91 Å². The number of carbonyl (C=O) groups is 2. The minimum atomic E-state index is -0.794. The first-order chi connectivity index (χ1) is 16.4. The topological polar surface area (TPSA) is 118 Å². The molecule has 10 heteroatoms. The number of aromatic nitrogens is 3. The van der Waals surface area contributed by atoms with Crippen LogP contribution in [0.4, 0.5) is 5.69 Å². The molecule has 1 aromatic heterocycles. The zero-order valence-electron chi connectivity index (χ0n) is 19.0. The van der Waals surface area contributed by atoms with Gasteiger partial charge in [-0.2, -0.15) is 0 Å². The van der Waals surface area contributed by atoms with E-state index in [0.717, 1.165) is 5.56 Å². The number of aliphatic hydroxyl groups excluding tert-OH is 1. The van der Waals surface area contributed by atoms with Crippen LogP contribution in [-0.4, -0.2) is 51.2 Å². The smallest absolute Gasteiger partial charge is 0.251 e. The summed E-state index contributed by atoms with van der Waals surface area (Å²) in [5.41, 5.74) is 2.23. The molecule has 9 nitrogen and oxygen atoms in total. The molecule has 0 aliphatic carbocycles. The number of nitrogens with one attached hydrogen (secondary N) is 2. The van der Waals surface area contributed by atoms with Crippen molar-refractivity contribution in [2.24, 2.45) is 0 Å². The summed E-state index contributed by atoms with van der Waals surface area (Å²) >= 11 is 1.21. The number of rotatable bonds is 11. The molecule has 0 bridgehead atoms. The van der Waals surface area contributed by atoms with Crippen molar-refractivity contribution in [1.29, 1.82) is 0 Å². The number of nitrogens with zero attached hydrogens (tertiary/aromatic N) is 3. The number of aryl methyl sites for hydroxylation is 1. The third-order valence-electron chi connectivity index (χ3n) is 4.88. The molecule has 34 heavy (non-hydrogen) atoms. The van der Waals surface area contributed by atoms with Gasteiger partial charge in [-0.15, -0.1) is 16.8 Å². The Hall–Kier alpha value is -3.63. The lowest BCUT2D eigenvalue weighted by atomic mass is 10.2. The average molecular weight is 482 g/mol. The highest BCUT2D eigenvalue weighted by Gasteiger charge is 2.23. The molecular formula is C24H27N5O4S. The normalized spacial score (nSPS) is 11.5. The molecule has 3 aromatic rings. The van der Waals surface area contributed by atoms with E-state index in [9.17, 15) is 14.7 Å². The fourth-order valence-corrected chi connectivity index (χ4v) is 3.86. The molecule has 2 amide bonds. The Labute approximate surface area is 202 Å². The summed E-state index contributed by atoms with van der Waals surface area (Å²) in [5.74, 6) is 0.557. The van der Waals surface area contributed by atoms with E-state index in [2.05, 4.69) is 27.4 Å². The fraction of sp³-hybridized carbons (Fsp3) is 0.250. The number of carbonyl (C=O) groups excluding carboxylic acids is 2. The van der Waals surface area contributed by atoms with Gasteiger partial charge in [-0.3, -0.25) is 9.59 Å². The summed E-state index contributed by atoms with van der Waals surface area (Å²) in [6.45, 7) is 5.70. The molecule has 2 aromatic carbocycles. The molecule has 3 N–H and O–H groups in total. The van der Waals surface area contributed by atoms with Crippen LogP contribution in [0.5, 0.6) is 5.75 Å². The van der Waals surface area contributed by atoms with Crippen molar-refractivity contribution >= 4 is 29.3 Å². The first-order valence-electron chi connectivity index (χ1n) is 10.5. The van der Waals surface area contributed by atoms with E-state index in [0.29, 0.717) is 34.5 Å². The number of allylic oxidation sites excluding steroid dienone is 1. The molecule has 1 unspecified atom stereocenters. The molecule has 178 valence electrons. The molecule has 0 radical (unpaired) electrons. The average Bonchev–Trinajstić information content (AvgIpc) is 3.25. The third-order valence-corrected chi connectivity index (χ3v) is 5.84. The molecule has 0 saturated carbocycles. The lowest BCUT2D eigenvalue weighted by Crippen LogP contribution is -2.33. The van der Waals surface area contributed by atoms with E-state index in [4.69, 9.17) is 4.74 Å². The SMILES string of the molecule is C=CCn1c(SCC(=O)Nc2ccc(C)cc2)nnc1C(CO)NC(=O)c1ccc(OC)cc1. The number of hydrogen-bond acceptors (Lipinski definition) is 7. The van der Waals surface area contributed by atoms with Gasteiger partial charge in [0.05, 0.1) is 19.5 Å². The lowest BCUT2D eigenvalue weighted by Gasteiger charge is -2.17. The van der Waals surface area contributed by atoms with Crippen molar-refractivity contribution in [3.8, 4) is 5.75 Å². The molecule has 0 saturated heterocycles. The van der Waals surface area contributed by atoms with E-state index in [1.807, 2.05) is 31.2 Å². The quantitative estimate of drug-likeness (QED) is 0.285. The highest BCUT2D eigenvalue weighted by molar-refractivity contribution is 7.99. The number of amides is 2. The molecule has 0 spiro atoms. The van der Waals surface area contributed by atoms with Crippen molar-refractivity contribution in [3.05, 3.63) is 78.1 Å². The maximum atomic E-state index is 12.7. The second-order valence-corrected chi connectivity index (χ2v) is 8.32. The first kappa shape index (κ1) is 25.0. The highest BCUT2D eigenvalue weighted by atomic mass is 32.2. The van der Waals surface area contributed by atoms with Gasteiger partial charge in [0.1, 0.15) is 11.8 Å². The Morgan fingerprint density at radius 1 is 1.18 bits per heavy atom. The number of anilines is 1. The van der Waals surface area contributed by atoms with Gasteiger partial charge in [-0.1, -0.05) is 35.5 Å². The van der Waals surface area contributed by atoms with Crippen LogP contribution in [0.3, 0.4) is 0 Å². The molecular weight excluding hydrogens is 454 g/mol. The van der Waals surface area contributed by atoms with Crippen LogP contribution >= 0.6 is 11.8 Å². The van der Waals surface area contributed by atoms with E-state index >= 15 is 0 Å². The van der Waals surface area contributed by atoms with Crippen LogP contribution < -0.4 is 15.4 Å². The number of benzene rings is 2. The summed E-state index contributed by atoms with van der Waals surface area (Å²) in [6, 6.07) is 13.4. The first-order valence-corrected chi connectivity index (χ1v) is 11.5. The number of methoxy groups -OCH3 is 1. The second-order valence-electron chi connectivity index (χ2n) is 7.38. The summed E-state index contributed by atoms with van der Waals surface area (Å²) in [7, 11) is 1.55. The maximum absolute atomic E-state index is 12.7. The van der Waals surface area contributed by atoms with Gasteiger partial charge in [-0.25, -0.2) is 0 Å². The number of hydrogen-bond donors (Lipinski definition) is 3. The van der Waals surface area contributed by atoms with Gasteiger partial charge in [0, 0.05) is 17.8 Å². The van der Waals surface area contributed by atoms with Crippen LogP contribution in [0, 0.1) is 6.92 Å². The van der Waals surface area contributed by atoms with Gasteiger partial charge in [0.15, 0.2) is 11.0 Å². The van der Waals surface area contributed by atoms with Crippen LogP contribution in [0.1, 0.15) is 27.8 Å². The summed E-state index contributed by atoms with van der Waals surface area (Å²) in [4.78, 5) is 25.0. The largest absolute Gasteiger partial charge is 0.497 e. The Morgan fingerprint density at radius 2 is 1.88 bits per heavy atom. The Bertz CT molecular complexity index is 1130. The molecule has 1 heterocycles. The second kappa shape index (κ2) is 12.0. The van der Waals surface area contributed by atoms with Gasteiger partial charge in [0.25, 0.3) is 5.91 Å². The van der Waals surface area contributed by atoms with Crippen LogP contribution in [0.2, 0.25) is 0 Å². The standard InChI is InChI=1S/C24H27N5O4S/c1-4-13-29-22(20(14-30)26-23(32)17-7-11-19(33-3)12-8-17)27-28-24(29)34-15-21(31)25-18-9-5-16(2)6-10-18/h4-12,20,30H,1,13-15H2,2-3H3,(H,25,31)(H,26,32). The van der Waals surface area contributed by atoms with Gasteiger partial charge >= 0.3 is 0 Å². The molecule has 1 atom stereocenters. The Balaban J connectivity index is 1.69. The summed E-state index contributed by atoms with van der Waals surface area (Å²) in [5, 5.41) is 24.4. The Morgan fingerprint density at radius 3 is 2.50 bits per heavy atom. The van der Waals surface area contributed by atoms with Crippen LogP contribution in [0.25, 0.3) is 0 Å². The van der Waals surface area contributed by atoms with E-state index < -0.39 is 6.04 Å². The maximum Gasteiger partial charge on any atom is 0.251 e. The lowest BCUT2D eigenvalue weighted by molar-refractivity contribution is -0.113. The van der Waals surface area contributed by atoms with E-state index in [-0.39, 0.29) is 24.2 Å². The fourth-order valence-electron chi connectivity index (χ4n) is 3.11. The number of ether oxygens (including phenoxy) is 1. The monoisotopic (exact) mass is 481 g/mol. The summed E-state index contributed by atoms with van der Waals surface area (Å²) in [6.07, 6.45) is 1.66. The Kier molecular flexibility index (Phi) is 8.83. The van der Waals surface area contributed by atoms with E-state index in [1.54, 1.807) is 42.0 Å². The zero-order valence-corrected chi connectivity index (χ0v) is 19.8. The predicted molar refractivity (Wildman–Crippen MR) is 131 cm³/mol. The number of aliphatic hydroxyl groups is 1. The third kappa shape index (κ3) is 6.46. The van der Waals surface area contributed by atoms with Crippen LogP contribution in [0.15, 0.2) is 66.3 Å². The van der Waals surface area contributed by atoms with Crippen LogP contribution in [-0.2, 0) is 11.3 Å². The number of thioether (sulfide) groups is 1. The van der Waals surface area contributed by atoms with Crippen molar-refractivity contribution in [2.75, 3.05) is 24.8 Å². The molecule has 0 fully saturated rings. The van der Waals surface area contributed by atoms with E-state index in [1.165, 1.54) is 11.8 Å². The minimum Gasteiger partial charge on any atom is -0.497 e. The van der Waals surface area contributed by atoms with Crippen molar-refractivity contribution < 1.29 is 19.4 Å². The molecule has 0 aliphatic heterocycles. The zero-order chi connectivity index (χ0) is 24.5. The van der Waals surface area contributed by atoms with Crippen molar-refractivity contribution in [3.63, 3.8) is 0 Å². The van der Waals surface area contributed by atoms with Crippen molar-refractivity contribution in [2.45, 2.75) is 24.7 Å². The minimum absolute atomic E-state index is 0.116. The summed E-state index contributed by atoms with van der Waals surface area (Å²) < 4.78 is 6.82. The molecule has 0 aliphatic rings. The van der Waals surface area contributed by atoms with Gasteiger partial charge in [-0.05, 0) is 43.3 Å².